The molecule has 2 amide bonds. The molecule has 0 unspecified atom stereocenters. The van der Waals surface area contributed by atoms with Crippen LogP contribution < -0.4 is 5.32 Å². The van der Waals surface area contributed by atoms with Gasteiger partial charge in [-0.05, 0) is 75.2 Å². The maximum atomic E-state index is 12.3. The van der Waals surface area contributed by atoms with E-state index < -0.39 is 0 Å². The molecule has 0 aliphatic carbocycles. The quantitative estimate of drug-likeness (QED) is 0.902. The standard InChI is InChI=1S/C20H24N2O2/c1-5-22(6-2)20(24)17-10-8-16(9-11-17)19(23)21-18-12-7-14(3)15(4)13-18/h7-13H,5-6H2,1-4H3,(H,21,23). The van der Waals surface area contributed by atoms with Crippen molar-refractivity contribution in [3.63, 3.8) is 0 Å². The molecule has 0 spiro atoms. The number of nitrogens with zero attached hydrogens (tertiary/aromatic N) is 1. The molecule has 24 heavy (non-hydrogen) atoms. The van der Waals surface area contributed by atoms with E-state index in [9.17, 15) is 9.59 Å². The van der Waals surface area contributed by atoms with Crippen LogP contribution in [0.5, 0.6) is 0 Å². The Morgan fingerprint density at radius 3 is 2.00 bits per heavy atom. The van der Waals surface area contributed by atoms with Gasteiger partial charge in [-0.15, -0.1) is 0 Å². The highest BCUT2D eigenvalue weighted by Crippen LogP contribution is 2.16. The van der Waals surface area contributed by atoms with E-state index >= 15 is 0 Å². The summed E-state index contributed by atoms with van der Waals surface area (Å²) in [7, 11) is 0. The van der Waals surface area contributed by atoms with Crippen LogP contribution in [0.4, 0.5) is 5.69 Å². The van der Waals surface area contributed by atoms with Gasteiger partial charge in [-0.2, -0.15) is 0 Å². The number of hydrogen-bond donors (Lipinski definition) is 1. The van der Waals surface area contributed by atoms with Crippen molar-refractivity contribution in [3.05, 3.63) is 64.7 Å². The van der Waals surface area contributed by atoms with Gasteiger partial charge in [0.25, 0.3) is 11.8 Å². The third kappa shape index (κ3) is 4.02. The minimum Gasteiger partial charge on any atom is -0.339 e. The molecule has 1 N–H and O–H groups in total. The summed E-state index contributed by atoms with van der Waals surface area (Å²) in [5.41, 5.74) is 4.22. The van der Waals surface area contributed by atoms with Crippen LogP contribution in [0, 0.1) is 13.8 Å². The zero-order chi connectivity index (χ0) is 17.7. The molecule has 0 atom stereocenters. The predicted octanol–water partition coefficient (Wildman–Crippen LogP) is 4.04. The average molecular weight is 324 g/mol. The molecule has 0 aliphatic rings. The fourth-order valence-electron chi connectivity index (χ4n) is 2.48. The van der Waals surface area contributed by atoms with Crippen LogP contribution in [0.1, 0.15) is 45.7 Å². The molecule has 2 rings (SSSR count). The zero-order valence-corrected chi connectivity index (χ0v) is 14.7. The molecule has 2 aromatic carbocycles. The smallest absolute Gasteiger partial charge is 0.255 e. The van der Waals surface area contributed by atoms with Gasteiger partial charge in [0.15, 0.2) is 0 Å². The molecule has 0 heterocycles. The Morgan fingerprint density at radius 1 is 0.875 bits per heavy atom. The Balaban J connectivity index is 2.11. The van der Waals surface area contributed by atoms with Crippen LogP contribution in [0.3, 0.4) is 0 Å². The van der Waals surface area contributed by atoms with Crippen LogP contribution in [-0.2, 0) is 0 Å². The van der Waals surface area contributed by atoms with Crippen LogP contribution in [0.15, 0.2) is 42.5 Å². The van der Waals surface area contributed by atoms with Crippen molar-refractivity contribution in [1.29, 1.82) is 0 Å². The minimum atomic E-state index is -0.180. The molecule has 0 aliphatic heterocycles. The normalized spacial score (nSPS) is 10.3. The topological polar surface area (TPSA) is 49.4 Å². The number of aryl methyl sites for hydroxylation is 2. The Morgan fingerprint density at radius 2 is 1.46 bits per heavy atom. The molecule has 0 fully saturated rings. The number of amides is 2. The number of rotatable bonds is 5. The lowest BCUT2D eigenvalue weighted by molar-refractivity contribution is 0.0772. The van der Waals surface area contributed by atoms with Gasteiger partial charge in [0.05, 0.1) is 0 Å². The molecule has 0 saturated carbocycles. The van der Waals surface area contributed by atoms with Crippen LogP contribution >= 0.6 is 0 Å². The van der Waals surface area contributed by atoms with E-state index in [0.29, 0.717) is 24.2 Å². The van der Waals surface area contributed by atoms with E-state index in [4.69, 9.17) is 0 Å². The summed E-state index contributed by atoms with van der Waals surface area (Å²) in [5, 5.41) is 2.89. The zero-order valence-electron chi connectivity index (χ0n) is 14.7. The predicted molar refractivity (Wildman–Crippen MR) is 97.6 cm³/mol. The Kier molecular flexibility index (Phi) is 5.74. The summed E-state index contributed by atoms with van der Waals surface area (Å²) in [4.78, 5) is 26.4. The highest BCUT2D eigenvalue weighted by Gasteiger charge is 2.13. The first kappa shape index (κ1) is 17.7. The van der Waals surface area contributed by atoms with E-state index in [1.54, 1.807) is 29.2 Å². The van der Waals surface area contributed by atoms with Crippen molar-refractivity contribution in [2.45, 2.75) is 27.7 Å². The van der Waals surface area contributed by atoms with E-state index in [2.05, 4.69) is 5.32 Å². The minimum absolute atomic E-state index is 0.0129. The SMILES string of the molecule is CCN(CC)C(=O)c1ccc(C(=O)Nc2ccc(C)c(C)c2)cc1. The average Bonchev–Trinajstić information content (AvgIpc) is 2.59. The van der Waals surface area contributed by atoms with Gasteiger partial charge in [0, 0.05) is 29.9 Å². The first-order valence-corrected chi connectivity index (χ1v) is 8.24. The number of carbonyl (C=O) groups is 2. The molecule has 0 aromatic heterocycles. The second kappa shape index (κ2) is 7.77. The Labute approximate surface area is 143 Å². The van der Waals surface area contributed by atoms with Crippen molar-refractivity contribution >= 4 is 17.5 Å². The van der Waals surface area contributed by atoms with Crippen LogP contribution in [0.2, 0.25) is 0 Å². The van der Waals surface area contributed by atoms with Gasteiger partial charge in [-0.3, -0.25) is 9.59 Å². The summed E-state index contributed by atoms with van der Waals surface area (Å²) >= 11 is 0. The third-order valence-electron chi connectivity index (χ3n) is 4.21. The second-order valence-electron chi connectivity index (χ2n) is 5.81. The highest BCUT2D eigenvalue weighted by atomic mass is 16.2. The van der Waals surface area contributed by atoms with E-state index in [1.807, 2.05) is 45.9 Å². The largest absolute Gasteiger partial charge is 0.339 e. The molecule has 4 heteroatoms. The van der Waals surface area contributed by atoms with Crippen molar-refractivity contribution in [2.75, 3.05) is 18.4 Å². The maximum absolute atomic E-state index is 12.3. The summed E-state index contributed by atoms with van der Waals surface area (Å²) in [6, 6.07) is 12.6. The van der Waals surface area contributed by atoms with E-state index in [-0.39, 0.29) is 11.8 Å². The van der Waals surface area contributed by atoms with Crippen molar-refractivity contribution in [3.8, 4) is 0 Å². The first-order valence-electron chi connectivity index (χ1n) is 8.24. The molecular weight excluding hydrogens is 300 g/mol. The molecule has 0 bridgehead atoms. The molecule has 0 radical (unpaired) electrons. The van der Waals surface area contributed by atoms with Gasteiger partial charge in [0.1, 0.15) is 0 Å². The monoisotopic (exact) mass is 324 g/mol. The molecule has 4 nitrogen and oxygen atoms in total. The lowest BCUT2D eigenvalue weighted by atomic mass is 10.1. The first-order chi connectivity index (χ1) is 11.5. The van der Waals surface area contributed by atoms with Crippen molar-refractivity contribution in [1.82, 2.24) is 4.90 Å². The number of hydrogen-bond acceptors (Lipinski definition) is 2. The van der Waals surface area contributed by atoms with E-state index in [0.717, 1.165) is 11.3 Å². The fraction of sp³-hybridized carbons (Fsp3) is 0.300. The molecule has 0 saturated heterocycles. The number of nitrogens with one attached hydrogen (secondary N) is 1. The molecule has 2 aromatic rings. The van der Waals surface area contributed by atoms with Gasteiger partial charge in [-0.1, -0.05) is 6.07 Å². The second-order valence-corrected chi connectivity index (χ2v) is 5.81. The number of benzene rings is 2. The third-order valence-corrected chi connectivity index (χ3v) is 4.21. The summed E-state index contributed by atoms with van der Waals surface area (Å²) < 4.78 is 0. The van der Waals surface area contributed by atoms with Crippen molar-refractivity contribution in [2.24, 2.45) is 0 Å². The Bertz CT molecular complexity index is 732. The summed E-state index contributed by atoms with van der Waals surface area (Å²) in [5.74, 6) is -0.193. The number of carbonyl (C=O) groups excluding carboxylic acids is 2. The van der Waals surface area contributed by atoms with Crippen LogP contribution in [0.25, 0.3) is 0 Å². The lowest BCUT2D eigenvalue weighted by Gasteiger charge is -2.18. The van der Waals surface area contributed by atoms with Gasteiger partial charge < -0.3 is 10.2 Å². The van der Waals surface area contributed by atoms with Crippen molar-refractivity contribution < 1.29 is 9.59 Å². The number of anilines is 1. The fourth-order valence-corrected chi connectivity index (χ4v) is 2.48. The van der Waals surface area contributed by atoms with Gasteiger partial charge in [0.2, 0.25) is 0 Å². The Hall–Kier alpha value is -2.62. The molecule has 126 valence electrons. The van der Waals surface area contributed by atoms with Gasteiger partial charge >= 0.3 is 0 Å². The highest BCUT2D eigenvalue weighted by molar-refractivity contribution is 6.05. The van der Waals surface area contributed by atoms with Crippen LogP contribution in [-0.4, -0.2) is 29.8 Å². The van der Waals surface area contributed by atoms with Gasteiger partial charge in [-0.25, -0.2) is 0 Å². The van der Waals surface area contributed by atoms with E-state index in [1.165, 1.54) is 5.56 Å². The summed E-state index contributed by atoms with van der Waals surface area (Å²) in [6.07, 6.45) is 0. The lowest BCUT2D eigenvalue weighted by Crippen LogP contribution is -2.30. The molecular formula is C20H24N2O2. The maximum Gasteiger partial charge on any atom is 0.255 e. The summed E-state index contributed by atoms with van der Waals surface area (Å²) in [6.45, 7) is 9.29.